The van der Waals surface area contributed by atoms with Gasteiger partial charge in [0.05, 0.1) is 4.90 Å². The van der Waals surface area contributed by atoms with Crippen LogP contribution in [-0.4, -0.2) is 13.7 Å². The molecule has 1 unspecified atom stereocenters. The molecule has 1 aliphatic heterocycles. The van der Waals surface area contributed by atoms with Crippen LogP contribution in [-0.2, 0) is 9.84 Å². The lowest BCUT2D eigenvalue weighted by Gasteiger charge is -1.96. The first kappa shape index (κ1) is 11.7. The minimum atomic E-state index is -3.23. The highest BCUT2D eigenvalue weighted by Crippen LogP contribution is 2.49. The van der Waals surface area contributed by atoms with Crippen LogP contribution >= 0.6 is 11.8 Å². The van der Waals surface area contributed by atoms with Gasteiger partial charge in [0.1, 0.15) is 0 Å². The summed E-state index contributed by atoms with van der Waals surface area (Å²) in [6.07, 6.45) is 2.17. The lowest BCUT2D eigenvalue weighted by molar-refractivity contribution is 0.604. The third-order valence-corrected chi connectivity index (χ3v) is 5.27. The Kier molecular flexibility index (Phi) is 3.40. The molecule has 4 heteroatoms. The summed E-state index contributed by atoms with van der Waals surface area (Å²) in [6, 6.07) is 8.57. The number of sulfone groups is 1. The van der Waals surface area contributed by atoms with Gasteiger partial charge in [0.2, 0.25) is 9.84 Å². The first-order chi connectivity index (χ1) is 7.63. The number of thioether (sulfide) groups is 1. The van der Waals surface area contributed by atoms with Crippen molar-refractivity contribution in [2.75, 3.05) is 0 Å². The van der Waals surface area contributed by atoms with Gasteiger partial charge in [0, 0.05) is 15.6 Å². The van der Waals surface area contributed by atoms with Crippen LogP contribution in [0.1, 0.15) is 19.8 Å². The molecule has 0 N–H and O–H groups in total. The van der Waals surface area contributed by atoms with E-state index in [1.54, 1.807) is 36.0 Å². The van der Waals surface area contributed by atoms with Crippen molar-refractivity contribution in [2.45, 2.75) is 29.9 Å². The van der Waals surface area contributed by atoms with Crippen LogP contribution in [0.2, 0.25) is 0 Å². The van der Waals surface area contributed by atoms with Crippen LogP contribution in [0.15, 0.2) is 45.5 Å². The quantitative estimate of drug-likeness (QED) is 0.774. The average molecular weight is 254 g/mol. The van der Waals surface area contributed by atoms with E-state index in [0.29, 0.717) is 10.1 Å². The number of hydrogen-bond donors (Lipinski definition) is 0. The standard InChI is InChI=1S/C12H14O2S2/c1-2-6-11-12(15-11)9-16(13,14)10-7-4-3-5-8-10/h3-5,7-9,11H,2,6H2,1H3/b12-9+. The fourth-order valence-corrected chi connectivity index (χ4v) is 4.16. The van der Waals surface area contributed by atoms with Crippen LogP contribution in [0.5, 0.6) is 0 Å². The summed E-state index contributed by atoms with van der Waals surface area (Å²) < 4.78 is 23.9. The monoisotopic (exact) mass is 254 g/mol. The van der Waals surface area contributed by atoms with Gasteiger partial charge in [-0.05, 0) is 18.6 Å². The van der Waals surface area contributed by atoms with Crippen LogP contribution < -0.4 is 0 Å². The number of hydrogen-bond acceptors (Lipinski definition) is 3. The molecule has 0 amide bonds. The lowest BCUT2D eigenvalue weighted by atomic mass is 10.2. The zero-order valence-corrected chi connectivity index (χ0v) is 10.7. The summed E-state index contributed by atoms with van der Waals surface area (Å²) in [5.74, 6) is 0. The molecule has 1 fully saturated rings. The molecule has 0 aromatic heterocycles. The summed E-state index contributed by atoms with van der Waals surface area (Å²) in [7, 11) is -3.23. The summed E-state index contributed by atoms with van der Waals surface area (Å²) in [5.41, 5.74) is 0. The summed E-state index contributed by atoms with van der Waals surface area (Å²) in [4.78, 5) is 1.39. The van der Waals surface area contributed by atoms with Gasteiger partial charge in [0.15, 0.2) is 0 Å². The zero-order valence-electron chi connectivity index (χ0n) is 9.09. The summed E-state index contributed by atoms with van der Waals surface area (Å²) in [5, 5.41) is 1.86. The lowest BCUT2D eigenvalue weighted by Crippen LogP contribution is -1.95. The van der Waals surface area contributed by atoms with Gasteiger partial charge in [0.25, 0.3) is 0 Å². The van der Waals surface area contributed by atoms with E-state index in [2.05, 4.69) is 6.92 Å². The van der Waals surface area contributed by atoms with Crippen molar-refractivity contribution < 1.29 is 8.42 Å². The van der Waals surface area contributed by atoms with Crippen LogP contribution in [0.4, 0.5) is 0 Å². The third-order valence-electron chi connectivity index (χ3n) is 2.43. The Morgan fingerprint density at radius 1 is 1.31 bits per heavy atom. The van der Waals surface area contributed by atoms with Gasteiger partial charge in [-0.2, -0.15) is 0 Å². The molecule has 1 saturated heterocycles. The van der Waals surface area contributed by atoms with E-state index in [4.69, 9.17) is 0 Å². The molecule has 0 bridgehead atoms. The molecule has 1 aromatic carbocycles. The van der Waals surface area contributed by atoms with Crippen molar-refractivity contribution in [3.05, 3.63) is 40.6 Å². The van der Waals surface area contributed by atoms with E-state index in [1.807, 2.05) is 6.07 Å². The highest BCUT2D eigenvalue weighted by atomic mass is 32.2. The highest BCUT2D eigenvalue weighted by Gasteiger charge is 2.32. The van der Waals surface area contributed by atoms with E-state index in [1.165, 1.54) is 5.41 Å². The minimum Gasteiger partial charge on any atom is -0.219 e. The molecular formula is C12H14O2S2. The first-order valence-electron chi connectivity index (χ1n) is 5.32. The largest absolute Gasteiger partial charge is 0.219 e. The van der Waals surface area contributed by atoms with Crippen molar-refractivity contribution in [3.63, 3.8) is 0 Å². The molecule has 16 heavy (non-hydrogen) atoms. The molecule has 0 spiro atoms. The van der Waals surface area contributed by atoms with Crippen LogP contribution in [0.3, 0.4) is 0 Å². The van der Waals surface area contributed by atoms with E-state index in [9.17, 15) is 8.42 Å². The average Bonchev–Trinajstić information content (AvgIpc) is 2.97. The van der Waals surface area contributed by atoms with Crippen molar-refractivity contribution >= 4 is 21.6 Å². The Morgan fingerprint density at radius 3 is 2.62 bits per heavy atom. The topological polar surface area (TPSA) is 34.1 Å². The van der Waals surface area contributed by atoms with Gasteiger partial charge in [-0.15, -0.1) is 11.8 Å². The SMILES string of the molecule is CCCC1S/C1=C/S(=O)(=O)c1ccccc1. The molecule has 1 aliphatic rings. The number of benzene rings is 1. The van der Waals surface area contributed by atoms with Crippen molar-refractivity contribution in [2.24, 2.45) is 0 Å². The molecule has 0 saturated carbocycles. The Bertz CT molecular complexity index is 489. The van der Waals surface area contributed by atoms with Crippen molar-refractivity contribution in [3.8, 4) is 0 Å². The molecule has 86 valence electrons. The Labute approximate surface area is 101 Å². The second-order valence-corrected chi connectivity index (χ2v) is 6.85. The predicted molar refractivity (Wildman–Crippen MR) is 68.0 cm³/mol. The second-order valence-electron chi connectivity index (χ2n) is 3.77. The Morgan fingerprint density at radius 2 is 2.00 bits per heavy atom. The molecular weight excluding hydrogens is 240 g/mol. The fraction of sp³-hybridized carbons (Fsp3) is 0.333. The maximum Gasteiger partial charge on any atom is 0.200 e. The maximum absolute atomic E-state index is 11.9. The highest BCUT2D eigenvalue weighted by molar-refractivity contribution is 8.12. The molecule has 2 rings (SSSR count). The molecule has 0 aliphatic carbocycles. The summed E-state index contributed by atoms with van der Waals surface area (Å²) in [6.45, 7) is 2.11. The van der Waals surface area contributed by atoms with E-state index >= 15 is 0 Å². The second kappa shape index (κ2) is 4.63. The zero-order chi connectivity index (χ0) is 11.6. The first-order valence-corrected chi connectivity index (χ1v) is 7.74. The maximum atomic E-state index is 11.9. The smallest absolute Gasteiger partial charge is 0.200 e. The van der Waals surface area contributed by atoms with Gasteiger partial charge < -0.3 is 0 Å². The van der Waals surface area contributed by atoms with Gasteiger partial charge >= 0.3 is 0 Å². The molecule has 2 nitrogen and oxygen atoms in total. The van der Waals surface area contributed by atoms with Gasteiger partial charge in [-0.3, -0.25) is 0 Å². The normalized spacial score (nSPS) is 22.3. The van der Waals surface area contributed by atoms with Crippen LogP contribution in [0.25, 0.3) is 0 Å². The third kappa shape index (κ3) is 2.68. The molecule has 1 heterocycles. The minimum absolute atomic E-state index is 0.380. The molecule has 1 atom stereocenters. The Hall–Kier alpha value is -0.740. The van der Waals surface area contributed by atoms with Gasteiger partial charge in [-0.25, -0.2) is 8.42 Å². The number of rotatable bonds is 4. The molecule has 1 aromatic rings. The molecule has 0 radical (unpaired) electrons. The van der Waals surface area contributed by atoms with E-state index < -0.39 is 9.84 Å². The summed E-state index contributed by atoms with van der Waals surface area (Å²) >= 11 is 1.66. The predicted octanol–water partition coefficient (Wildman–Crippen LogP) is 3.22. The van der Waals surface area contributed by atoms with Gasteiger partial charge in [-0.1, -0.05) is 31.5 Å². The fourth-order valence-electron chi connectivity index (χ4n) is 1.53. The van der Waals surface area contributed by atoms with Crippen molar-refractivity contribution in [1.29, 1.82) is 0 Å². The van der Waals surface area contributed by atoms with E-state index in [0.717, 1.165) is 17.7 Å². The van der Waals surface area contributed by atoms with Crippen molar-refractivity contribution in [1.82, 2.24) is 0 Å². The van der Waals surface area contributed by atoms with Crippen LogP contribution in [0, 0.1) is 0 Å². The Balaban J connectivity index is 2.17. The van der Waals surface area contributed by atoms with E-state index in [-0.39, 0.29) is 0 Å².